The van der Waals surface area contributed by atoms with Gasteiger partial charge in [0.25, 0.3) is 0 Å². The standard InChI is InChI=1S/C18H26O6/c1-3-16(19)21-11-8-12-22-18(14-23-17(20)4-2)24-13-15-9-6-5-7-10-15/h5-7,9-10,18H,3-4,8,11-14H2,1-2H3. The Morgan fingerprint density at radius 3 is 2.25 bits per heavy atom. The maximum atomic E-state index is 11.3. The zero-order chi connectivity index (χ0) is 17.6. The maximum absolute atomic E-state index is 11.3. The van der Waals surface area contributed by atoms with Gasteiger partial charge in [0.05, 0.1) is 19.8 Å². The fourth-order valence-electron chi connectivity index (χ4n) is 1.73. The topological polar surface area (TPSA) is 71.1 Å². The summed E-state index contributed by atoms with van der Waals surface area (Å²) in [4.78, 5) is 22.3. The number of hydrogen-bond donors (Lipinski definition) is 0. The van der Waals surface area contributed by atoms with Crippen LogP contribution in [0.15, 0.2) is 30.3 Å². The van der Waals surface area contributed by atoms with Crippen LogP contribution in [0.5, 0.6) is 0 Å². The average Bonchev–Trinajstić information content (AvgIpc) is 2.63. The van der Waals surface area contributed by atoms with E-state index in [1.54, 1.807) is 13.8 Å². The lowest BCUT2D eigenvalue weighted by Gasteiger charge is -2.18. The first kappa shape index (κ1) is 20.1. The van der Waals surface area contributed by atoms with Crippen LogP contribution in [-0.2, 0) is 35.1 Å². The van der Waals surface area contributed by atoms with Gasteiger partial charge < -0.3 is 18.9 Å². The first-order valence-corrected chi connectivity index (χ1v) is 8.24. The van der Waals surface area contributed by atoms with Crippen molar-refractivity contribution in [2.24, 2.45) is 0 Å². The summed E-state index contributed by atoms with van der Waals surface area (Å²) in [5, 5.41) is 0. The third-order valence-corrected chi connectivity index (χ3v) is 3.09. The first-order chi connectivity index (χ1) is 11.7. The van der Waals surface area contributed by atoms with Crippen molar-refractivity contribution in [2.45, 2.75) is 46.0 Å². The summed E-state index contributed by atoms with van der Waals surface area (Å²) in [5.74, 6) is -0.535. The molecule has 1 rings (SSSR count). The van der Waals surface area contributed by atoms with E-state index in [1.165, 1.54) is 0 Å². The molecule has 6 nitrogen and oxygen atoms in total. The van der Waals surface area contributed by atoms with E-state index in [-0.39, 0.29) is 18.5 Å². The molecule has 0 spiro atoms. The molecule has 0 aliphatic heterocycles. The molecule has 0 heterocycles. The van der Waals surface area contributed by atoms with Crippen molar-refractivity contribution in [3.63, 3.8) is 0 Å². The van der Waals surface area contributed by atoms with E-state index in [0.29, 0.717) is 39.1 Å². The van der Waals surface area contributed by atoms with E-state index in [0.717, 1.165) is 5.56 Å². The van der Waals surface area contributed by atoms with Crippen LogP contribution in [0.2, 0.25) is 0 Å². The van der Waals surface area contributed by atoms with Gasteiger partial charge in [-0.25, -0.2) is 0 Å². The summed E-state index contributed by atoms with van der Waals surface area (Å²) in [6.07, 6.45) is 0.566. The molecule has 0 aliphatic rings. The monoisotopic (exact) mass is 338 g/mol. The zero-order valence-electron chi connectivity index (χ0n) is 14.4. The van der Waals surface area contributed by atoms with Gasteiger partial charge in [-0.15, -0.1) is 0 Å². The van der Waals surface area contributed by atoms with Crippen LogP contribution in [0.1, 0.15) is 38.7 Å². The van der Waals surface area contributed by atoms with Crippen LogP contribution in [0, 0.1) is 0 Å². The zero-order valence-corrected chi connectivity index (χ0v) is 14.4. The van der Waals surface area contributed by atoms with Crippen molar-refractivity contribution in [3.05, 3.63) is 35.9 Å². The molecule has 0 radical (unpaired) electrons. The molecule has 0 N–H and O–H groups in total. The third-order valence-electron chi connectivity index (χ3n) is 3.09. The van der Waals surface area contributed by atoms with Crippen molar-refractivity contribution in [1.82, 2.24) is 0 Å². The molecular formula is C18H26O6. The van der Waals surface area contributed by atoms with Gasteiger partial charge in [-0.2, -0.15) is 0 Å². The molecule has 0 fully saturated rings. The number of esters is 2. The Hall–Kier alpha value is -1.92. The Balaban J connectivity index is 2.33. The molecule has 134 valence electrons. The molecule has 0 saturated carbocycles. The molecule has 1 aromatic rings. The van der Waals surface area contributed by atoms with Gasteiger partial charge in [0.1, 0.15) is 6.61 Å². The Morgan fingerprint density at radius 2 is 1.58 bits per heavy atom. The van der Waals surface area contributed by atoms with E-state index >= 15 is 0 Å². The van der Waals surface area contributed by atoms with E-state index in [4.69, 9.17) is 18.9 Å². The highest BCUT2D eigenvalue weighted by atomic mass is 16.7. The summed E-state index contributed by atoms with van der Waals surface area (Å²) in [7, 11) is 0. The second-order valence-electron chi connectivity index (χ2n) is 5.06. The van der Waals surface area contributed by atoms with Crippen LogP contribution in [0.25, 0.3) is 0 Å². The van der Waals surface area contributed by atoms with Gasteiger partial charge >= 0.3 is 11.9 Å². The minimum Gasteiger partial charge on any atom is -0.466 e. The predicted molar refractivity (Wildman–Crippen MR) is 88.1 cm³/mol. The fraction of sp³-hybridized carbons (Fsp3) is 0.556. The largest absolute Gasteiger partial charge is 0.466 e. The molecule has 1 unspecified atom stereocenters. The predicted octanol–water partition coefficient (Wildman–Crippen LogP) is 2.84. The Kier molecular flexibility index (Phi) is 10.5. The lowest BCUT2D eigenvalue weighted by Crippen LogP contribution is -2.26. The van der Waals surface area contributed by atoms with Gasteiger partial charge in [-0.1, -0.05) is 44.2 Å². The lowest BCUT2D eigenvalue weighted by molar-refractivity contribution is -0.188. The molecule has 0 saturated heterocycles. The third kappa shape index (κ3) is 9.27. The van der Waals surface area contributed by atoms with Crippen molar-refractivity contribution < 1.29 is 28.5 Å². The van der Waals surface area contributed by atoms with E-state index in [9.17, 15) is 9.59 Å². The maximum Gasteiger partial charge on any atom is 0.305 e. The average molecular weight is 338 g/mol. The van der Waals surface area contributed by atoms with Crippen molar-refractivity contribution in [1.29, 1.82) is 0 Å². The SMILES string of the molecule is CCC(=O)OCCCOC(COC(=O)CC)OCc1ccccc1. The normalized spacial score (nSPS) is 11.8. The molecule has 0 aliphatic carbocycles. The van der Waals surface area contributed by atoms with Gasteiger partial charge in [0.2, 0.25) is 0 Å². The second-order valence-corrected chi connectivity index (χ2v) is 5.06. The quantitative estimate of drug-likeness (QED) is 0.331. The Bertz CT molecular complexity index is 474. The molecule has 0 amide bonds. The van der Waals surface area contributed by atoms with Crippen LogP contribution in [0.4, 0.5) is 0 Å². The van der Waals surface area contributed by atoms with E-state index in [2.05, 4.69) is 0 Å². The minimum absolute atomic E-state index is 0.0360. The number of carbonyl (C=O) groups is 2. The molecule has 1 atom stereocenters. The van der Waals surface area contributed by atoms with E-state index < -0.39 is 6.29 Å². The Labute approximate surface area is 143 Å². The summed E-state index contributed by atoms with van der Waals surface area (Å²) in [6, 6.07) is 9.66. The van der Waals surface area contributed by atoms with Gasteiger partial charge in [0, 0.05) is 19.3 Å². The molecule has 24 heavy (non-hydrogen) atoms. The molecule has 6 heteroatoms. The number of ether oxygens (including phenoxy) is 4. The molecular weight excluding hydrogens is 312 g/mol. The fourth-order valence-corrected chi connectivity index (χ4v) is 1.73. The van der Waals surface area contributed by atoms with E-state index in [1.807, 2.05) is 30.3 Å². The van der Waals surface area contributed by atoms with Crippen molar-refractivity contribution in [3.8, 4) is 0 Å². The Morgan fingerprint density at radius 1 is 0.917 bits per heavy atom. The number of hydrogen-bond acceptors (Lipinski definition) is 6. The first-order valence-electron chi connectivity index (χ1n) is 8.24. The summed E-state index contributed by atoms with van der Waals surface area (Å²) < 4.78 is 21.3. The van der Waals surface area contributed by atoms with Crippen LogP contribution < -0.4 is 0 Å². The van der Waals surface area contributed by atoms with Crippen LogP contribution >= 0.6 is 0 Å². The highest BCUT2D eigenvalue weighted by molar-refractivity contribution is 5.69. The molecule has 1 aromatic carbocycles. The van der Waals surface area contributed by atoms with Crippen molar-refractivity contribution >= 4 is 11.9 Å². The molecule has 0 bridgehead atoms. The second kappa shape index (κ2) is 12.5. The highest BCUT2D eigenvalue weighted by Crippen LogP contribution is 2.06. The van der Waals surface area contributed by atoms with Gasteiger partial charge in [0.15, 0.2) is 6.29 Å². The van der Waals surface area contributed by atoms with Crippen molar-refractivity contribution in [2.75, 3.05) is 19.8 Å². The summed E-state index contributed by atoms with van der Waals surface area (Å²) >= 11 is 0. The van der Waals surface area contributed by atoms with Gasteiger partial charge in [-0.05, 0) is 5.56 Å². The summed E-state index contributed by atoms with van der Waals surface area (Å²) in [5.41, 5.74) is 1.00. The van der Waals surface area contributed by atoms with Gasteiger partial charge in [-0.3, -0.25) is 9.59 Å². The number of carbonyl (C=O) groups excluding carboxylic acids is 2. The van der Waals surface area contributed by atoms with Crippen LogP contribution in [-0.4, -0.2) is 38.0 Å². The smallest absolute Gasteiger partial charge is 0.305 e. The molecule has 0 aromatic heterocycles. The van der Waals surface area contributed by atoms with Crippen LogP contribution in [0.3, 0.4) is 0 Å². The summed E-state index contributed by atoms with van der Waals surface area (Å²) in [6.45, 7) is 4.51. The number of rotatable bonds is 12. The highest BCUT2D eigenvalue weighted by Gasteiger charge is 2.13. The minimum atomic E-state index is -0.650. The number of benzene rings is 1. The lowest BCUT2D eigenvalue weighted by atomic mass is 10.2.